The summed E-state index contributed by atoms with van der Waals surface area (Å²) in [6.45, 7) is 0.386. The number of halogens is 3. The Bertz CT molecular complexity index is 972. The van der Waals surface area contributed by atoms with Gasteiger partial charge in [-0.1, -0.05) is 0 Å². The van der Waals surface area contributed by atoms with E-state index in [0.717, 1.165) is 55.3 Å². The van der Waals surface area contributed by atoms with Crippen molar-refractivity contribution in [1.82, 2.24) is 20.1 Å². The van der Waals surface area contributed by atoms with Gasteiger partial charge in [-0.2, -0.15) is 18.3 Å². The molecule has 1 fully saturated rings. The van der Waals surface area contributed by atoms with Crippen molar-refractivity contribution in [2.45, 2.75) is 43.9 Å². The van der Waals surface area contributed by atoms with Crippen LogP contribution in [0.5, 0.6) is 0 Å². The van der Waals surface area contributed by atoms with E-state index < -0.39 is 29.9 Å². The van der Waals surface area contributed by atoms with Crippen molar-refractivity contribution in [3.05, 3.63) is 57.3 Å². The number of fused-ring (bicyclic) bond motifs is 1. The zero-order valence-electron chi connectivity index (χ0n) is 15.4. The molecular formula is C19H19F3N4O3. The number of amides is 1. The van der Waals surface area contributed by atoms with Crippen LogP contribution >= 0.6 is 0 Å². The first kappa shape index (κ1) is 19.6. The topological polar surface area (TPSA) is 86.1 Å². The molecule has 0 bridgehead atoms. The number of hydrogen-bond donors (Lipinski definition) is 1. The maximum atomic E-state index is 12.6. The number of aromatic nitrogens is 3. The summed E-state index contributed by atoms with van der Waals surface area (Å²) in [6.07, 6.45) is -0.00590. The fourth-order valence-corrected chi connectivity index (χ4v) is 3.68. The highest BCUT2D eigenvalue weighted by atomic mass is 19.4. The number of carbonyl (C=O) groups is 1. The van der Waals surface area contributed by atoms with Crippen molar-refractivity contribution in [2.75, 3.05) is 13.2 Å². The summed E-state index contributed by atoms with van der Waals surface area (Å²) in [4.78, 5) is 28.3. The van der Waals surface area contributed by atoms with Crippen LogP contribution in [0.1, 0.15) is 46.2 Å². The van der Waals surface area contributed by atoms with Gasteiger partial charge in [0, 0.05) is 12.3 Å². The van der Waals surface area contributed by atoms with Gasteiger partial charge >= 0.3 is 6.18 Å². The number of rotatable bonds is 3. The molecular weight excluding hydrogens is 389 g/mol. The van der Waals surface area contributed by atoms with Gasteiger partial charge in [-0.05, 0) is 43.4 Å². The number of ether oxygens (including phenoxy) is 1. The van der Waals surface area contributed by atoms with Gasteiger partial charge in [0.15, 0.2) is 0 Å². The van der Waals surface area contributed by atoms with Crippen molar-refractivity contribution < 1.29 is 22.7 Å². The summed E-state index contributed by atoms with van der Waals surface area (Å²) in [5.41, 5.74) is 0.527. The third-order valence-electron chi connectivity index (χ3n) is 5.23. The van der Waals surface area contributed by atoms with Crippen LogP contribution in [-0.4, -0.2) is 39.9 Å². The van der Waals surface area contributed by atoms with Gasteiger partial charge in [0.2, 0.25) is 0 Å². The number of nitrogens with zero attached hydrogens (tertiary/aromatic N) is 3. The van der Waals surface area contributed by atoms with Gasteiger partial charge in [0.25, 0.3) is 11.5 Å². The SMILES string of the molecule is O=C(NC1COCC1n1nc2c(cc1=O)CCCC2)c1ccc(C(F)(F)F)nc1. The van der Waals surface area contributed by atoms with Gasteiger partial charge in [-0.25, -0.2) is 4.68 Å². The molecule has 1 amide bonds. The first-order valence-electron chi connectivity index (χ1n) is 9.36. The molecule has 2 aromatic rings. The molecule has 1 saturated heterocycles. The van der Waals surface area contributed by atoms with Crippen LogP contribution in [0.15, 0.2) is 29.2 Å². The summed E-state index contributed by atoms with van der Waals surface area (Å²) in [5.74, 6) is -0.585. The summed E-state index contributed by atoms with van der Waals surface area (Å²) in [5, 5.41) is 7.22. The maximum Gasteiger partial charge on any atom is 0.433 e. The molecule has 2 aromatic heterocycles. The average molecular weight is 408 g/mol. The Labute approximate surface area is 163 Å². The van der Waals surface area contributed by atoms with Crippen LogP contribution in [0.4, 0.5) is 13.2 Å². The number of pyridine rings is 1. The summed E-state index contributed by atoms with van der Waals surface area (Å²) in [6, 6.07) is 2.41. The smallest absolute Gasteiger partial charge is 0.377 e. The summed E-state index contributed by atoms with van der Waals surface area (Å²) >= 11 is 0. The van der Waals surface area contributed by atoms with Crippen LogP contribution in [0.3, 0.4) is 0 Å². The van der Waals surface area contributed by atoms with Gasteiger partial charge in [-0.15, -0.1) is 0 Å². The number of hydrogen-bond acceptors (Lipinski definition) is 5. The molecule has 7 nitrogen and oxygen atoms in total. The van der Waals surface area contributed by atoms with Crippen molar-refractivity contribution >= 4 is 5.91 Å². The van der Waals surface area contributed by atoms with E-state index in [-0.39, 0.29) is 24.3 Å². The molecule has 2 unspecified atom stereocenters. The molecule has 4 rings (SSSR count). The predicted octanol–water partition coefficient (Wildman–Crippen LogP) is 1.91. The maximum absolute atomic E-state index is 12.6. The highest BCUT2D eigenvalue weighted by Gasteiger charge is 2.34. The lowest BCUT2D eigenvalue weighted by Gasteiger charge is -2.23. The van der Waals surface area contributed by atoms with E-state index in [1.807, 2.05) is 0 Å². The molecule has 0 saturated carbocycles. The minimum atomic E-state index is -4.57. The molecule has 0 radical (unpaired) electrons. The first-order chi connectivity index (χ1) is 13.8. The van der Waals surface area contributed by atoms with Gasteiger partial charge in [0.05, 0.1) is 30.5 Å². The first-order valence-corrected chi connectivity index (χ1v) is 9.36. The second-order valence-corrected chi connectivity index (χ2v) is 7.22. The minimum absolute atomic E-state index is 0.00519. The van der Waals surface area contributed by atoms with Crippen LogP contribution in [0.2, 0.25) is 0 Å². The molecule has 154 valence electrons. The molecule has 2 aliphatic rings. The molecule has 2 atom stereocenters. The van der Waals surface area contributed by atoms with Crippen LogP contribution in [0, 0.1) is 0 Å². The van der Waals surface area contributed by atoms with E-state index in [0.29, 0.717) is 0 Å². The second-order valence-electron chi connectivity index (χ2n) is 7.22. The fourth-order valence-electron chi connectivity index (χ4n) is 3.68. The van der Waals surface area contributed by atoms with Gasteiger partial charge < -0.3 is 10.1 Å². The molecule has 0 spiro atoms. The Morgan fingerprint density at radius 1 is 1.21 bits per heavy atom. The Hall–Kier alpha value is -2.75. The van der Waals surface area contributed by atoms with Crippen molar-refractivity contribution in [3.63, 3.8) is 0 Å². The van der Waals surface area contributed by atoms with E-state index in [4.69, 9.17) is 4.74 Å². The molecule has 1 N–H and O–H groups in total. The van der Waals surface area contributed by atoms with Crippen molar-refractivity contribution in [3.8, 4) is 0 Å². The lowest BCUT2D eigenvalue weighted by molar-refractivity contribution is -0.141. The number of aryl methyl sites for hydroxylation is 2. The van der Waals surface area contributed by atoms with Crippen LogP contribution in [-0.2, 0) is 23.8 Å². The zero-order chi connectivity index (χ0) is 20.6. The highest BCUT2D eigenvalue weighted by molar-refractivity contribution is 5.94. The Balaban J connectivity index is 1.52. The molecule has 1 aliphatic heterocycles. The van der Waals surface area contributed by atoms with E-state index in [2.05, 4.69) is 15.4 Å². The number of alkyl halides is 3. The summed E-state index contributed by atoms with van der Waals surface area (Å²) in [7, 11) is 0. The lowest BCUT2D eigenvalue weighted by Crippen LogP contribution is -2.44. The van der Waals surface area contributed by atoms with Gasteiger partial charge in [-0.3, -0.25) is 14.6 Å². The van der Waals surface area contributed by atoms with Crippen LogP contribution in [0.25, 0.3) is 0 Å². The molecule has 10 heteroatoms. The Morgan fingerprint density at radius 2 is 2.00 bits per heavy atom. The summed E-state index contributed by atoms with van der Waals surface area (Å²) < 4.78 is 44.7. The van der Waals surface area contributed by atoms with E-state index in [1.54, 1.807) is 6.07 Å². The number of nitrogens with one attached hydrogen (secondary N) is 1. The average Bonchev–Trinajstić information content (AvgIpc) is 3.14. The third-order valence-corrected chi connectivity index (χ3v) is 5.23. The monoisotopic (exact) mass is 408 g/mol. The fraction of sp³-hybridized carbons (Fsp3) is 0.474. The lowest BCUT2D eigenvalue weighted by atomic mass is 9.97. The normalized spacial score (nSPS) is 21.6. The highest BCUT2D eigenvalue weighted by Crippen LogP contribution is 2.27. The van der Waals surface area contributed by atoms with Gasteiger partial charge in [0.1, 0.15) is 11.7 Å². The van der Waals surface area contributed by atoms with Crippen molar-refractivity contribution in [1.29, 1.82) is 0 Å². The van der Waals surface area contributed by atoms with E-state index in [1.165, 1.54) is 4.68 Å². The van der Waals surface area contributed by atoms with Crippen LogP contribution < -0.4 is 10.9 Å². The second kappa shape index (κ2) is 7.58. The standard InChI is InChI=1S/C19H19F3N4O3/c20-19(21,22)16-6-5-12(8-23-16)18(28)24-14-9-29-10-15(14)26-17(27)7-11-3-1-2-4-13(11)25-26/h5-8,14-15H,1-4,9-10H2,(H,24,28). The largest absolute Gasteiger partial charge is 0.433 e. The molecule has 0 aromatic carbocycles. The van der Waals surface area contributed by atoms with Crippen molar-refractivity contribution in [2.24, 2.45) is 0 Å². The third kappa shape index (κ3) is 4.02. The molecule has 29 heavy (non-hydrogen) atoms. The van der Waals surface area contributed by atoms with E-state index in [9.17, 15) is 22.8 Å². The minimum Gasteiger partial charge on any atom is -0.377 e. The molecule has 3 heterocycles. The molecule has 1 aliphatic carbocycles. The van der Waals surface area contributed by atoms with E-state index >= 15 is 0 Å². The predicted molar refractivity (Wildman–Crippen MR) is 95.5 cm³/mol. The number of carbonyl (C=O) groups excluding carboxylic acids is 1. The Morgan fingerprint density at radius 3 is 2.72 bits per heavy atom. The zero-order valence-corrected chi connectivity index (χ0v) is 15.4. The quantitative estimate of drug-likeness (QED) is 0.839. The Kier molecular flexibility index (Phi) is 5.12.